The minimum Gasteiger partial charge on any atom is -0.377 e. The normalized spacial score (nSPS) is 18.6. The van der Waals surface area contributed by atoms with Crippen LogP contribution in [0.25, 0.3) is 0 Å². The molecule has 0 atom stereocenters. The Labute approximate surface area is 152 Å². The number of hydrogen-bond donors (Lipinski definition) is 0. The van der Waals surface area contributed by atoms with Crippen LogP contribution in [-0.2, 0) is 11.3 Å². The van der Waals surface area contributed by atoms with Gasteiger partial charge in [-0.15, -0.1) is 10.2 Å². The van der Waals surface area contributed by atoms with E-state index in [2.05, 4.69) is 36.0 Å². The van der Waals surface area contributed by atoms with E-state index in [1.165, 1.54) is 12.8 Å². The highest BCUT2D eigenvalue weighted by atomic mass is 32.1. The van der Waals surface area contributed by atoms with Gasteiger partial charge in [-0.05, 0) is 32.6 Å². The molecule has 0 spiro atoms. The number of aryl methyl sites for hydroxylation is 1. The molecular weight excluding hydrogens is 336 g/mol. The predicted molar refractivity (Wildman–Crippen MR) is 98.1 cm³/mol. The van der Waals surface area contributed by atoms with Gasteiger partial charge in [0.25, 0.3) is 0 Å². The van der Waals surface area contributed by atoms with Crippen molar-refractivity contribution in [1.82, 2.24) is 20.2 Å². The molecule has 0 N–H and O–H groups in total. The Morgan fingerprint density at radius 1 is 1.16 bits per heavy atom. The van der Waals surface area contributed by atoms with Gasteiger partial charge in [-0.3, -0.25) is 0 Å². The Bertz CT molecular complexity index is 711. The van der Waals surface area contributed by atoms with Crippen LogP contribution >= 0.6 is 11.3 Å². The maximum Gasteiger partial charge on any atom is 0.208 e. The van der Waals surface area contributed by atoms with Crippen LogP contribution in [0, 0.1) is 6.92 Å². The molecule has 0 radical (unpaired) electrons. The van der Waals surface area contributed by atoms with Crippen molar-refractivity contribution >= 4 is 22.3 Å². The van der Waals surface area contributed by atoms with E-state index in [1.807, 2.05) is 6.92 Å². The fraction of sp³-hybridized carbons (Fsp3) is 0.647. The molecule has 25 heavy (non-hydrogen) atoms. The molecule has 0 amide bonds. The van der Waals surface area contributed by atoms with Crippen LogP contribution in [0.5, 0.6) is 0 Å². The Kier molecular flexibility index (Phi) is 4.80. The average Bonchev–Trinajstić information content (AvgIpc) is 3.34. The van der Waals surface area contributed by atoms with Crippen LogP contribution in [0.3, 0.4) is 0 Å². The maximum atomic E-state index is 5.14. The van der Waals surface area contributed by atoms with Crippen LogP contribution in [0.1, 0.15) is 36.4 Å². The quantitative estimate of drug-likeness (QED) is 0.783. The third kappa shape index (κ3) is 3.74. The first kappa shape index (κ1) is 16.7. The number of methoxy groups -OCH3 is 1. The van der Waals surface area contributed by atoms with E-state index in [1.54, 1.807) is 24.8 Å². The fourth-order valence-electron chi connectivity index (χ4n) is 3.50. The van der Waals surface area contributed by atoms with Gasteiger partial charge in [-0.25, -0.2) is 9.97 Å². The number of nitrogens with zero attached hydrogens (tertiary/aromatic N) is 6. The zero-order valence-corrected chi connectivity index (χ0v) is 15.6. The van der Waals surface area contributed by atoms with Gasteiger partial charge in [-0.2, -0.15) is 0 Å². The molecule has 1 aliphatic carbocycles. The van der Waals surface area contributed by atoms with E-state index >= 15 is 0 Å². The summed E-state index contributed by atoms with van der Waals surface area (Å²) in [7, 11) is 1.69. The van der Waals surface area contributed by atoms with Gasteiger partial charge in [0.15, 0.2) is 0 Å². The van der Waals surface area contributed by atoms with Crippen molar-refractivity contribution in [1.29, 1.82) is 0 Å². The van der Waals surface area contributed by atoms with E-state index in [0.717, 1.165) is 47.6 Å². The second kappa shape index (κ2) is 7.21. The van der Waals surface area contributed by atoms with Crippen molar-refractivity contribution in [3.63, 3.8) is 0 Å². The summed E-state index contributed by atoms with van der Waals surface area (Å²) in [4.78, 5) is 13.7. The van der Waals surface area contributed by atoms with Gasteiger partial charge in [0.1, 0.15) is 23.8 Å². The minimum atomic E-state index is 0.538. The van der Waals surface area contributed by atoms with E-state index in [0.29, 0.717) is 18.7 Å². The van der Waals surface area contributed by atoms with Gasteiger partial charge < -0.3 is 14.5 Å². The summed E-state index contributed by atoms with van der Waals surface area (Å²) in [6.45, 7) is 4.60. The number of aromatic nitrogens is 4. The molecule has 2 aromatic heterocycles. The highest BCUT2D eigenvalue weighted by Crippen LogP contribution is 2.36. The van der Waals surface area contributed by atoms with Crippen LogP contribution in [-0.4, -0.2) is 52.4 Å². The molecule has 2 fully saturated rings. The standard InChI is InChI=1S/C17H24N6OS/c1-12-9-15(19-11-18-12)23(13-3-4-13)14-5-7-22(8-6-14)17-21-20-16(25-17)10-24-2/h9,11,13-14H,3-8,10H2,1-2H3. The molecule has 1 saturated heterocycles. The molecule has 0 unspecified atom stereocenters. The van der Waals surface area contributed by atoms with Gasteiger partial charge in [-0.1, -0.05) is 11.3 Å². The number of rotatable bonds is 6. The van der Waals surface area contributed by atoms with Crippen molar-refractivity contribution in [2.24, 2.45) is 0 Å². The third-order valence-electron chi connectivity index (χ3n) is 4.85. The van der Waals surface area contributed by atoms with Crippen LogP contribution < -0.4 is 9.80 Å². The summed E-state index contributed by atoms with van der Waals surface area (Å²) in [5.41, 5.74) is 1.03. The first-order valence-electron chi connectivity index (χ1n) is 8.88. The smallest absolute Gasteiger partial charge is 0.208 e. The lowest BCUT2D eigenvalue weighted by Crippen LogP contribution is -2.46. The molecule has 4 rings (SSSR count). The summed E-state index contributed by atoms with van der Waals surface area (Å²) in [6, 6.07) is 3.32. The summed E-state index contributed by atoms with van der Waals surface area (Å²) in [5.74, 6) is 1.09. The molecule has 1 saturated carbocycles. The molecule has 7 nitrogen and oxygen atoms in total. The van der Waals surface area contributed by atoms with Gasteiger partial charge in [0.2, 0.25) is 5.13 Å². The number of anilines is 2. The lowest BCUT2D eigenvalue weighted by molar-refractivity contribution is 0.184. The predicted octanol–water partition coefficient (Wildman–Crippen LogP) is 2.42. The number of hydrogen-bond acceptors (Lipinski definition) is 8. The molecule has 134 valence electrons. The topological polar surface area (TPSA) is 67.3 Å². The molecule has 2 aliphatic rings. The van der Waals surface area contributed by atoms with Crippen LogP contribution in [0.4, 0.5) is 10.9 Å². The Hall–Kier alpha value is -1.80. The monoisotopic (exact) mass is 360 g/mol. The zero-order valence-electron chi connectivity index (χ0n) is 14.8. The summed E-state index contributed by atoms with van der Waals surface area (Å²) < 4.78 is 5.14. The zero-order chi connectivity index (χ0) is 17.2. The highest BCUT2D eigenvalue weighted by Gasteiger charge is 2.36. The van der Waals surface area contributed by atoms with Crippen molar-refractivity contribution in [3.05, 3.63) is 23.1 Å². The van der Waals surface area contributed by atoms with E-state index in [4.69, 9.17) is 4.74 Å². The maximum absolute atomic E-state index is 5.14. The first-order valence-corrected chi connectivity index (χ1v) is 9.69. The number of piperidine rings is 1. The molecule has 8 heteroatoms. The highest BCUT2D eigenvalue weighted by molar-refractivity contribution is 7.15. The van der Waals surface area contributed by atoms with E-state index in [-0.39, 0.29) is 0 Å². The molecule has 0 aromatic carbocycles. The van der Waals surface area contributed by atoms with E-state index in [9.17, 15) is 0 Å². The molecule has 1 aliphatic heterocycles. The second-order valence-electron chi connectivity index (χ2n) is 6.79. The van der Waals surface area contributed by atoms with Crippen molar-refractivity contribution < 1.29 is 4.74 Å². The van der Waals surface area contributed by atoms with Crippen molar-refractivity contribution in [3.8, 4) is 0 Å². The van der Waals surface area contributed by atoms with Gasteiger partial charge in [0, 0.05) is 44.0 Å². The summed E-state index contributed by atoms with van der Waals surface area (Å²) in [6.07, 6.45) is 6.49. The molecule has 2 aromatic rings. The van der Waals surface area contributed by atoms with E-state index < -0.39 is 0 Å². The SMILES string of the molecule is COCc1nnc(N2CCC(N(c3cc(C)ncn3)C3CC3)CC2)s1. The lowest BCUT2D eigenvalue weighted by atomic mass is 10.0. The van der Waals surface area contributed by atoms with Gasteiger partial charge >= 0.3 is 0 Å². The summed E-state index contributed by atoms with van der Waals surface area (Å²) >= 11 is 1.64. The first-order chi connectivity index (χ1) is 12.2. The second-order valence-corrected chi connectivity index (χ2v) is 7.83. The Balaban J connectivity index is 1.43. The minimum absolute atomic E-state index is 0.538. The molecule has 0 bridgehead atoms. The Morgan fingerprint density at radius 2 is 1.92 bits per heavy atom. The Morgan fingerprint density at radius 3 is 2.60 bits per heavy atom. The lowest BCUT2D eigenvalue weighted by Gasteiger charge is -2.39. The average molecular weight is 360 g/mol. The largest absolute Gasteiger partial charge is 0.377 e. The summed E-state index contributed by atoms with van der Waals surface area (Å²) in [5, 5.41) is 10.5. The van der Waals surface area contributed by atoms with Crippen LogP contribution in [0.2, 0.25) is 0 Å². The fourth-order valence-corrected chi connectivity index (χ4v) is 4.36. The van der Waals surface area contributed by atoms with Crippen LogP contribution in [0.15, 0.2) is 12.4 Å². The number of ether oxygens (including phenoxy) is 1. The van der Waals surface area contributed by atoms with Gasteiger partial charge in [0.05, 0.1) is 0 Å². The third-order valence-corrected chi connectivity index (χ3v) is 5.80. The van der Waals surface area contributed by atoms with Crippen molar-refractivity contribution in [2.75, 3.05) is 30.0 Å². The molecular formula is C17H24N6OS. The van der Waals surface area contributed by atoms with Crippen molar-refractivity contribution in [2.45, 2.75) is 51.3 Å². The molecule has 3 heterocycles.